The van der Waals surface area contributed by atoms with E-state index in [0.717, 1.165) is 30.1 Å². The largest absolute Gasteiger partial charge is 0.416 e. The predicted octanol–water partition coefficient (Wildman–Crippen LogP) is 2.86. The van der Waals surface area contributed by atoms with Crippen molar-refractivity contribution in [2.75, 3.05) is 23.7 Å². The first-order chi connectivity index (χ1) is 11.9. The zero-order valence-corrected chi connectivity index (χ0v) is 13.1. The molecule has 1 aliphatic rings. The average Bonchev–Trinajstić information content (AvgIpc) is 3.09. The molecule has 0 bridgehead atoms. The van der Waals surface area contributed by atoms with Crippen molar-refractivity contribution in [2.45, 2.75) is 12.5 Å². The first-order valence-electron chi connectivity index (χ1n) is 7.69. The van der Waals surface area contributed by atoms with Crippen molar-refractivity contribution in [3.63, 3.8) is 0 Å². The maximum atomic E-state index is 12.7. The van der Waals surface area contributed by atoms with E-state index in [-0.39, 0.29) is 5.69 Å². The van der Waals surface area contributed by atoms with Crippen molar-refractivity contribution < 1.29 is 18.3 Å². The van der Waals surface area contributed by atoms with Gasteiger partial charge in [-0.05, 0) is 30.3 Å². The van der Waals surface area contributed by atoms with E-state index in [9.17, 15) is 18.3 Å². The summed E-state index contributed by atoms with van der Waals surface area (Å²) in [4.78, 5) is 4.32. The maximum absolute atomic E-state index is 12.7. The van der Waals surface area contributed by atoms with Crippen LogP contribution >= 0.6 is 0 Å². The summed E-state index contributed by atoms with van der Waals surface area (Å²) in [5.74, 6) is 0.781. The zero-order valence-electron chi connectivity index (χ0n) is 13.1. The number of aliphatic imine (C=N–C) groups is 1. The van der Waals surface area contributed by atoms with Crippen molar-refractivity contribution >= 4 is 17.2 Å². The summed E-state index contributed by atoms with van der Waals surface area (Å²) in [5, 5.41) is 18.6. The molecule has 1 atom stereocenters. The lowest BCUT2D eigenvalue weighted by Crippen LogP contribution is -2.28. The van der Waals surface area contributed by atoms with Gasteiger partial charge in [-0.15, -0.1) is 0 Å². The second kappa shape index (κ2) is 7.02. The smallest absolute Gasteiger partial charge is 0.368 e. The Morgan fingerprint density at radius 1 is 1.04 bits per heavy atom. The van der Waals surface area contributed by atoms with E-state index >= 15 is 0 Å². The monoisotopic (exact) mass is 350 g/mol. The lowest BCUT2D eigenvalue weighted by Gasteiger charge is -2.18. The number of nitrogens with one attached hydrogen (secondary N) is 3. The Morgan fingerprint density at radius 3 is 2.36 bits per heavy atom. The molecule has 2 aromatic carbocycles. The Balaban J connectivity index is 1.67. The van der Waals surface area contributed by atoms with Crippen LogP contribution in [0, 0.1) is 0 Å². The molecule has 3 rings (SSSR count). The molecule has 4 N–H and O–H groups in total. The van der Waals surface area contributed by atoms with Crippen LogP contribution in [0.4, 0.5) is 24.5 Å². The number of rotatable bonds is 5. The SMILES string of the molecule is OC(Nc1cccc(C2=NCCN2)c1)Nc1cccc(C(F)(F)F)c1. The molecule has 0 spiro atoms. The molecule has 5 nitrogen and oxygen atoms in total. The summed E-state index contributed by atoms with van der Waals surface area (Å²) in [6.45, 7) is 1.50. The maximum Gasteiger partial charge on any atom is 0.416 e. The number of amidine groups is 1. The van der Waals surface area contributed by atoms with Crippen LogP contribution in [0.25, 0.3) is 0 Å². The van der Waals surface area contributed by atoms with Crippen LogP contribution in [0.2, 0.25) is 0 Å². The van der Waals surface area contributed by atoms with Gasteiger partial charge in [0.2, 0.25) is 6.35 Å². The summed E-state index contributed by atoms with van der Waals surface area (Å²) in [6.07, 6.45) is -5.68. The Morgan fingerprint density at radius 2 is 1.72 bits per heavy atom. The second-order valence-electron chi connectivity index (χ2n) is 5.51. The van der Waals surface area contributed by atoms with Crippen LogP contribution in [0.3, 0.4) is 0 Å². The first-order valence-corrected chi connectivity index (χ1v) is 7.69. The lowest BCUT2D eigenvalue weighted by atomic mass is 10.2. The topological polar surface area (TPSA) is 68.7 Å². The van der Waals surface area contributed by atoms with Crippen molar-refractivity contribution in [1.29, 1.82) is 0 Å². The molecule has 25 heavy (non-hydrogen) atoms. The van der Waals surface area contributed by atoms with E-state index in [2.05, 4.69) is 20.9 Å². The Bertz CT molecular complexity index is 776. The Labute approximate surface area is 142 Å². The number of halogens is 3. The number of aliphatic hydroxyl groups is 1. The van der Waals surface area contributed by atoms with Crippen LogP contribution in [0.5, 0.6) is 0 Å². The molecule has 0 radical (unpaired) electrons. The van der Waals surface area contributed by atoms with Gasteiger partial charge < -0.3 is 21.1 Å². The van der Waals surface area contributed by atoms with Gasteiger partial charge in [0.15, 0.2) is 0 Å². The number of benzene rings is 2. The molecular weight excluding hydrogens is 333 g/mol. The molecule has 8 heteroatoms. The molecule has 0 amide bonds. The number of anilines is 2. The van der Waals surface area contributed by atoms with E-state index in [0.29, 0.717) is 12.2 Å². The lowest BCUT2D eigenvalue weighted by molar-refractivity contribution is -0.137. The predicted molar refractivity (Wildman–Crippen MR) is 90.5 cm³/mol. The minimum Gasteiger partial charge on any atom is -0.368 e. The van der Waals surface area contributed by atoms with Crippen molar-refractivity contribution in [2.24, 2.45) is 4.99 Å². The van der Waals surface area contributed by atoms with E-state index < -0.39 is 18.1 Å². The van der Waals surface area contributed by atoms with Gasteiger partial charge in [0.05, 0.1) is 12.1 Å². The fourth-order valence-electron chi connectivity index (χ4n) is 2.48. The number of hydrogen-bond donors (Lipinski definition) is 4. The molecular formula is C17H17F3N4O. The van der Waals surface area contributed by atoms with E-state index in [4.69, 9.17) is 0 Å². The van der Waals surface area contributed by atoms with Gasteiger partial charge in [-0.1, -0.05) is 18.2 Å². The van der Waals surface area contributed by atoms with E-state index in [1.165, 1.54) is 12.1 Å². The summed E-state index contributed by atoms with van der Waals surface area (Å²) < 4.78 is 38.2. The number of alkyl halides is 3. The molecule has 132 valence electrons. The number of aliphatic hydroxyl groups excluding tert-OH is 1. The highest BCUT2D eigenvalue weighted by Gasteiger charge is 2.30. The van der Waals surface area contributed by atoms with Gasteiger partial charge in [0, 0.05) is 23.5 Å². The molecule has 1 unspecified atom stereocenters. The molecule has 1 aliphatic heterocycles. The Kier molecular flexibility index (Phi) is 4.80. The van der Waals surface area contributed by atoms with Crippen molar-refractivity contribution in [1.82, 2.24) is 5.32 Å². The Hall–Kier alpha value is -2.74. The fourth-order valence-corrected chi connectivity index (χ4v) is 2.48. The average molecular weight is 350 g/mol. The van der Waals surface area contributed by atoms with Gasteiger partial charge in [-0.25, -0.2) is 0 Å². The van der Waals surface area contributed by atoms with E-state index in [1.807, 2.05) is 6.07 Å². The van der Waals surface area contributed by atoms with Crippen LogP contribution in [-0.2, 0) is 6.18 Å². The van der Waals surface area contributed by atoms with Crippen molar-refractivity contribution in [3.8, 4) is 0 Å². The van der Waals surface area contributed by atoms with Gasteiger partial charge in [-0.3, -0.25) is 4.99 Å². The van der Waals surface area contributed by atoms with Gasteiger partial charge >= 0.3 is 6.18 Å². The summed E-state index contributed by atoms with van der Waals surface area (Å²) >= 11 is 0. The molecule has 0 saturated carbocycles. The van der Waals surface area contributed by atoms with Gasteiger partial charge in [0.1, 0.15) is 5.84 Å². The molecule has 0 aliphatic carbocycles. The third kappa shape index (κ3) is 4.42. The van der Waals surface area contributed by atoms with Crippen LogP contribution < -0.4 is 16.0 Å². The summed E-state index contributed by atoms with van der Waals surface area (Å²) in [5.41, 5.74) is 0.861. The third-order valence-electron chi connectivity index (χ3n) is 3.61. The number of hydrogen-bond acceptors (Lipinski definition) is 5. The zero-order chi connectivity index (χ0) is 17.9. The second-order valence-corrected chi connectivity index (χ2v) is 5.51. The van der Waals surface area contributed by atoms with Crippen LogP contribution in [-0.4, -0.2) is 30.4 Å². The third-order valence-corrected chi connectivity index (χ3v) is 3.61. The molecule has 0 fully saturated rings. The van der Waals surface area contributed by atoms with Crippen LogP contribution in [0.15, 0.2) is 53.5 Å². The molecule has 0 saturated heterocycles. The standard InChI is InChI=1S/C17H17F3N4O/c18-17(19,20)12-4-2-6-14(10-12)24-16(25)23-13-5-1-3-11(9-13)15-21-7-8-22-15/h1-6,9-10,16,23-25H,7-8H2,(H,21,22). The molecule has 0 aromatic heterocycles. The highest BCUT2D eigenvalue weighted by molar-refractivity contribution is 6.00. The highest BCUT2D eigenvalue weighted by Crippen LogP contribution is 2.30. The van der Waals surface area contributed by atoms with E-state index in [1.54, 1.807) is 18.2 Å². The van der Waals surface area contributed by atoms with Crippen LogP contribution in [0.1, 0.15) is 11.1 Å². The highest BCUT2D eigenvalue weighted by atomic mass is 19.4. The first kappa shape index (κ1) is 17.1. The number of nitrogens with zero attached hydrogens (tertiary/aromatic N) is 1. The molecule has 2 aromatic rings. The van der Waals surface area contributed by atoms with Gasteiger partial charge in [-0.2, -0.15) is 13.2 Å². The summed E-state index contributed by atoms with van der Waals surface area (Å²) in [6, 6.07) is 11.9. The summed E-state index contributed by atoms with van der Waals surface area (Å²) in [7, 11) is 0. The normalized spacial score (nSPS) is 15.3. The molecule has 1 heterocycles. The van der Waals surface area contributed by atoms with Gasteiger partial charge in [0.25, 0.3) is 0 Å². The quantitative estimate of drug-likeness (QED) is 0.626. The van der Waals surface area contributed by atoms with Crippen molar-refractivity contribution in [3.05, 3.63) is 59.7 Å². The fraction of sp³-hybridized carbons (Fsp3) is 0.235. The minimum atomic E-state index is -4.43. The minimum absolute atomic E-state index is 0.160.